The summed E-state index contributed by atoms with van der Waals surface area (Å²) in [5.74, 6) is 2.24. The van der Waals surface area contributed by atoms with Crippen LogP contribution in [0.2, 0.25) is 0 Å². The molecule has 1 unspecified atom stereocenters. The van der Waals surface area contributed by atoms with Gasteiger partial charge in [-0.3, -0.25) is 15.0 Å². The van der Waals surface area contributed by atoms with E-state index < -0.39 is 0 Å². The van der Waals surface area contributed by atoms with Crippen LogP contribution in [0.5, 0.6) is 17.2 Å². The van der Waals surface area contributed by atoms with Crippen LogP contribution in [0.25, 0.3) is 0 Å². The Hall–Kier alpha value is -3.00. The minimum absolute atomic E-state index is 0.00574. The third-order valence-corrected chi connectivity index (χ3v) is 5.12. The van der Waals surface area contributed by atoms with Gasteiger partial charge >= 0.3 is 0 Å². The smallest absolute Gasteiger partial charge is 0.271 e. The second kappa shape index (κ2) is 7.93. The van der Waals surface area contributed by atoms with Crippen LogP contribution in [0.15, 0.2) is 42.5 Å². The quantitative estimate of drug-likeness (QED) is 0.578. The van der Waals surface area contributed by atoms with E-state index in [4.69, 9.17) is 14.2 Å². The molecule has 0 aliphatic carbocycles. The van der Waals surface area contributed by atoms with Crippen LogP contribution in [0.3, 0.4) is 0 Å². The summed E-state index contributed by atoms with van der Waals surface area (Å²) in [6.45, 7) is 4.54. The Balaban J connectivity index is 1.36. The lowest BCUT2D eigenvalue weighted by atomic mass is 10.2. The fraction of sp³-hybridized carbons (Fsp3) is 0.400. The molecule has 2 aromatic rings. The highest BCUT2D eigenvalue weighted by molar-refractivity contribution is 5.63. The van der Waals surface area contributed by atoms with Crippen molar-refractivity contribution >= 4 is 11.4 Å². The van der Waals surface area contributed by atoms with Gasteiger partial charge in [0.1, 0.15) is 18.5 Å². The first kappa shape index (κ1) is 18.4. The monoisotopic (exact) mass is 385 g/mol. The number of rotatable bonds is 5. The van der Waals surface area contributed by atoms with Crippen LogP contribution in [-0.4, -0.2) is 62.4 Å². The molecule has 0 radical (unpaired) electrons. The van der Waals surface area contributed by atoms with Crippen LogP contribution < -0.4 is 19.1 Å². The van der Waals surface area contributed by atoms with Crippen molar-refractivity contribution in [2.24, 2.45) is 0 Å². The first-order valence-electron chi connectivity index (χ1n) is 9.32. The van der Waals surface area contributed by atoms with Crippen molar-refractivity contribution in [2.45, 2.75) is 6.10 Å². The fourth-order valence-electron chi connectivity index (χ4n) is 3.65. The van der Waals surface area contributed by atoms with Gasteiger partial charge in [-0.15, -0.1) is 0 Å². The van der Waals surface area contributed by atoms with E-state index in [2.05, 4.69) is 9.80 Å². The summed E-state index contributed by atoms with van der Waals surface area (Å²) in [6, 6.07) is 12.4. The Kier molecular flexibility index (Phi) is 5.21. The van der Waals surface area contributed by atoms with Crippen molar-refractivity contribution in [2.75, 3.05) is 51.3 Å². The van der Waals surface area contributed by atoms with E-state index in [0.29, 0.717) is 12.4 Å². The van der Waals surface area contributed by atoms with Gasteiger partial charge in [0.15, 0.2) is 11.5 Å². The van der Waals surface area contributed by atoms with E-state index in [0.717, 1.165) is 49.9 Å². The predicted octanol–water partition coefficient (Wildman–Crippen LogP) is 2.57. The molecular weight excluding hydrogens is 362 g/mol. The Morgan fingerprint density at radius 3 is 2.61 bits per heavy atom. The van der Waals surface area contributed by atoms with Crippen molar-refractivity contribution in [3.8, 4) is 17.2 Å². The number of ether oxygens (including phenoxy) is 3. The van der Waals surface area contributed by atoms with Crippen molar-refractivity contribution in [1.82, 2.24) is 4.90 Å². The summed E-state index contributed by atoms with van der Waals surface area (Å²) in [7, 11) is 1.58. The van der Waals surface area contributed by atoms with E-state index in [9.17, 15) is 10.1 Å². The van der Waals surface area contributed by atoms with Gasteiger partial charge < -0.3 is 19.1 Å². The molecule has 2 aliphatic rings. The molecule has 0 N–H and O–H groups in total. The van der Waals surface area contributed by atoms with Crippen molar-refractivity contribution in [3.63, 3.8) is 0 Å². The largest absolute Gasteiger partial charge is 0.495 e. The third-order valence-electron chi connectivity index (χ3n) is 5.12. The molecule has 0 spiro atoms. The molecular formula is C20H23N3O5. The van der Waals surface area contributed by atoms with Gasteiger partial charge in [0.2, 0.25) is 0 Å². The lowest BCUT2D eigenvalue weighted by molar-refractivity contribution is -0.384. The number of hydrogen-bond acceptors (Lipinski definition) is 7. The number of non-ortho nitro benzene ring substituents is 1. The molecule has 8 nitrogen and oxygen atoms in total. The van der Waals surface area contributed by atoms with Crippen LogP contribution in [0.1, 0.15) is 0 Å². The van der Waals surface area contributed by atoms with Gasteiger partial charge in [-0.05, 0) is 18.2 Å². The Morgan fingerprint density at radius 1 is 1.14 bits per heavy atom. The number of nitro benzene ring substituents is 1. The molecule has 0 aromatic heterocycles. The number of piperazine rings is 1. The average molecular weight is 385 g/mol. The fourth-order valence-corrected chi connectivity index (χ4v) is 3.65. The Morgan fingerprint density at radius 2 is 1.89 bits per heavy atom. The number of hydrogen-bond donors (Lipinski definition) is 0. The predicted molar refractivity (Wildman–Crippen MR) is 105 cm³/mol. The molecule has 2 aromatic carbocycles. The molecule has 0 amide bonds. The van der Waals surface area contributed by atoms with Crippen LogP contribution in [-0.2, 0) is 0 Å². The molecule has 28 heavy (non-hydrogen) atoms. The summed E-state index contributed by atoms with van der Waals surface area (Å²) < 4.78 is 17.2. The topological polar surface area (TPSA) is 77.3 Å². The molecule has 8 heteroatoms. The first-order chi connectivity index (χ1) is 13.6. The van der Waals surface area contributed by atoms with Gasteiger partial charge in [-0.1, -0.05) is 12.1 Å². The SMILES string of the molecule is COc1ccc([N+](=O)[O-])cc1N1CCN(CC2COc3ccccc3O2)CC1. The normalized spacial score (nSPS) is 19.3. The number of methoxy groups -OCH3 is 1. The lowest BCUT2D eigenvalue weighted by Gasteiger charge is -2.38. The van der Waals surface area contributed by atoms with Gasteiger partial charge in [-0.25, -0.2) is 0 Å². The molecule has 1 atom stereocenters. The zero-order valence-corrected chi connectivity index (χ0v) is 15.7. The Bertz CT molecular complexity index is 851. The summed E-state index contributed by atoms with van der Waals surface area (Å²) >= 11 is 0. The first-order valence-corrected chi connectivity index (χ1v) is 9.32. The van der Waals surface area contributed by atoms with E-state index >= 15 is 0 Å². The molecule has 0 saturated carbocycles. The summed E-state index contributed by atoms with van der Waals surface area (Å²) in [5, 5.41) is 11.1. The van der Waals surface area contributed by atoms with Crippen LogP contribution in [0.4, 0.5) is 11.4 Å². The molecule has 4 rings (SSSR count). The van der Waals surface area contributed by atoms with E-state index in [1.807, 2.05) is 24.3 Å². The van der Waals surface area contributed by atoms with E-state index in [1.54, 1.807) is 19.2 Å². The number of anilines is 1. The molecule has 2 heterocycles. The van der Waals surface area contributed by atoms with E-state index in [-0.39, 0.29) is 16.7 Å². The Labute approximate surface area is 163 Å². The molecule has 148 valence electrons. The molecule has 1 saturated heterocycles. The highest BCUT2D eigenvalue weighted by Crippen LogP contribution is 2.33. The summed E-state index contributed by atoms with van der Waals surface area (Å²) in [5.41, 5.74) is 0.840. The number of nitrogens with zero attached hydrogens (tertiary/aromatic N) is 3. The third kappa shape index (κ3) is 3.82. The van der Waals surface area contributed by atoms with E-state index in [1.165, 1.54) is 6.07 Å². The summed E-state index contributed by atoms with van der Waals surface area (Å²) in [4.78, 5) is 15.2. The van der Waals surface area contributed by atoms with Gasteiger partial charge in [0.05, 0.1) is 17.7 Å². The van der Waals surface area contributed by atoms with Crippen LogP contribution in [0, 0.1) is 10.1 Å². The summed E-state index contributed by atoms with van der Waals surface area (Å²) in [6.07, 6.45) is -0.00574. The molecule has 2 aliphatic heterocycles. The van der Waals surface area contributed by atoms with Crippen molar-refractivity contribution < 1.29 is 19.1 Å². The highest BCUT2D eigenvalue weighted by Gasteiger charge is 2.26. The molecule has 1 fully saturated rings. The van der Waals surface area contributed by atoms with Gasteiger partial charge in [0, 0.05) is 44.9 Å². The minimum Gasteiger partial charge on any atom is -0.495 e. The second-order valence-corrected chi connectivity index (χ2v) is 6.90. The number of benzene rings is 2. The maximum absolute atomic E-state index is 11.1. The minimum atomic E-state index is -0.378. The zero-order chi connectivity index (χ0) is 19.5. The highest BCUT2D eigenvalue weighted by atomic mass is 16.6. The number of nitro groups is 1. The maximum atomic E-state index is 11.1. The van der Waals surface area contributed by atoms with Crippen molar-refractivity contribution in [3.05, 3.63) is 52.6 Å². The standard InChI is InChI=1S/C20H23N3O5/c1-26-18-7-6-15(23(24)25)12-17(18)22-10-8-21(9-11-22)13-16-14-27-19-4-2-3-5-20(19)28-16/h2-7,12,16H,8-11,13-14H2,1H3. The van der Waals surface area contributed by atoms with Crippen LogP contribution >= 0.6 is 0 Å². The number of para-hydroxylation sites is 2. The lowest BCUT2D eigenvalue weighted by Crippen LogP contribution is -2.50. The average Bonchev–Trinajstić information content (AvgIpc) is 2.73. The maximum Gasteiger partial charge on any atom is 0.271 e. The zero-order valence-electron chi connectivity index (χ0n) is 15.7. The van der Waals surface area contributed by atoms with Gasteiger partial charge in [0.25, 0.3) is 5.69 Å². The second-order valence-electron chi connectivity index (χ2n) is 6.90. The number of fused-ring (bicyclic) bond motifs is 1. The molecule has 0 bridgehead atoms. The van der Waals surface area contributed by atoms with Crippen molar-refractivity contribution in [1.29, 1.82) is 0 Å². The van der Waals surface area contributed by atoms with Gasteiger partial charge in [-0.2, -0.15) is 0 Å².